The lowest BCUT2D eigenvalue weighted by molar-refractivity contribution is -0.132. The second-order valence-electron chi connectivity index (χ2n) is 7.43. The number of hydrogen-bond acceptors (Lipinski definition) is 4. The largest absolute Gasteiger partial charge is 0.346 e. The van der Waals surface area contributed by atoms with Crippen molar-refractivity contribution < 1.29 is 4.79 Å². The first-order chi connectivity index (χ1) is 11.6. The Balaban J connectivity index is 1.56. The molecule has 2 fully saturated rings. The summed E-state index contributed by atoms with van der Waals surface area (Å²) in [5, 5.41) is 4.79. The predicted octanol–water partition coefficient (Wildman–Crippen LogP) is 3.69. The normalized spacial score (nSPS) is 28.5. The number of carbonyl (C=O) groups is 1. The number of nitrogens with zero attached hydrogens (tertiary/aromatic N) is 2. The zero-order valence-corrected chi connectivity index (χ0v) is 15.2. The highest BCUT2D eigenvalue weighted by molar-refractivity contribution is 7.18. The van der Waals surface area contributed by atoms with Crippen LogP contribution in [0.15, 0.2) is 18.2 Å². The summed E-state index contributed by atoms with van der Waals surface area (Å²) in [5.74, 6) is 1.31. The standard InChI is InChI=1S/C19H25N3OS/c1-12-3-5-15(20-11-12)13-4-6-17-16(9-13)21-19(24-17)14-7-8-22(2)18(23)10-14/h4,6,9,12,14-15,20H,3,5,7-8,10-11H2,1-2H3/t12-,14?,15+/m0/s1. The Kier molecular flexibility index (Phi) is 4.31. The van der Waals surface area contributed by atoms with Crippen LogP contribution in [0.25, 0.3) is 10.2 Å². The molecule has 128 valence electrons. The van der Waals surface area contributed by atoms with E-state index in [1.807, 2.05) is 11.9 Å². The van der Waals surface area contributed by atoms with Crippen molar-refractivity contribution in [3.63, 3.8) is 0 Å². The first kappa shape index (κ1) is 16.0. The zero-order valence-electron chi connectivity index (χ0n) is 14.4. The molecule has 24 heavy (non-hydrogen) atoms. The average molecular weight is 343 g/mol. The molecule has 0 aliphatic carbocycles. The van der Waals surface area contributed by atoms with E-state index in [9.17, 15) is 4.79 Å². The summed E-state index contributed by atoms with van der Waals surface area (Å²) in [4.78, 5) is 18.7. The Morgan fingerprint density at radius 1 is 1.29 bits per heavy atom. The van der Waals surface area contributed by atoms with Gasteiger partial charge < -0.3 is 10.2 Å². The first-order valence-electron chi connectivity index (χ1n) is 8.98. The van der Waals surface area contributed by atoms with Gasteiger partial charge in [-0.3, -0.25) is 4.79 Å². The number of aromatic nitrogens is 1. The Hall–Kier alpha value is -1.46. The van der Waals surface area contributed by atoms with E-state index in [4.69, 9.17) is 4.98 Å². The molecule has 0 saturated carbocycles. The molecule has 3 heterocycles. The second-order valence-corrected chi connectivity index (χ2v) is 8.49. The molecule has 1 N–H and O–H groups in total. The fourth-order valence-electron chi connectivity index (χ4n) is 3.79. The van der Waals surface area contributed by atoms with Crippen LogP contribution in [0, 0.1) is 5.92 Å². The molecule has 1 aromatic heterocycles. The van der Waals surface area contributed by atoms with Crippen LogP contribution in [-0.4, -0.2) is 35.9 Å². The summed E-state index contributed by atoms with van der Waals surface area (Å²) in [5.41, 5.74) is 2.45. The van der Waals surface area contributed by atoms with Gasteiger partial charge in [0.2, 0.25) is 5.91 Å². The van der Waals surface area contributed by atoms with Crippen LogP contribution >= 0.6 is 11.3 Å². The first-order valence-corrected chi connectivity index (χ1v) is 9.79. The van der Waals surface area contributed by atoms with Crippen molar-refractivity contribution >= 4 is 27.5 Å². The molecular formula is C19H25N3OS. The van der Waals surface area contributed by atoms with Gasteiger partial charge in [-0.15, -0.1) is 11.3 Å². The van der Waals surface area contributed by atoms with Gasteiger partial charge in [0.15, 0.2) is 0 Å². The maximum Gasteiger partial charge on any atom is 0.223 e. The van der Waals surface area contributed by atoms with E-state index >= 15 is 0 Å². The van der Waals surface area contributed by atoms with E-state index in [-0.39, 0.29) is 5.91 Å². The lowest BCUT2D eigenvalue weighted by atomic mass is 9.92. The van der Waals surface area contributed by atoms with Crippen molar-refractivity contribution in [3.05, 3.63) is 28.8 Å². The predicted molar refractivity (Wildman–Crippen MR) is 98.4 cm³/mol. The fraction of sp³-hybridized carbons (Fsp3) is 0.579. The highest BCUT2D eigenvalue weighted by atomic mass is 32.1. The molecular weight excluding hydrogens is 318 g/mol. The fourth-order valence-corrected chi connectivity index (χ4v) is 4.87. The quantitative estimate of drug-likeness (QED) is 0.904. The van der Waals surface area contributed by atoms with E-state index < -0.39 is 0 Å². The molecule has 0 radical (unpaired) electrons. The van der Waals surface area contributed by atoms with Crippen LogP contribution in [-0.2, 0) is 4.79 Å². The minimum atomic E-state index is 0.242. The lowest BCUT2D eigenvalue weighted by Crippen LogP contribution is -2.34. The van der Waals surface area contributed by atoms with Crippen molar-refractivity contribution in [1.29, 1.82) is 0 Å². The van der Waals surface area contributed by atoms with Crippen molar-refractivity contribution in [2.24, 2.45) is 5.92 Å². The minimum Gasteiger partial charge on any atom is -0.346 e. The molecule has 4 rings (SSSR count). The third kappa shape index (κ3) is 3.07. The van der Waals surface area contributed by atoms with Gasteiger partial charge in [0.25, 0.3) is 0 Å². The van der Waals surface area contributed by atoms with Gasteiger partial charge in [-0.1, -0.05) is 13.0 Å². The molecule has 2 saturated heterocycles. The number of fused-ring (bicyclic) bond motifs is 1. The molecule has 2 aliphatic heterocycles. The summed E-state index contributed by atoms with van der Waals surface area (Å²) >= 11 is 1.76. The number of nitrogens with one attached hydrogen (secondary N) is 1. The van der Waals surface area contributed by atoms with E-state index in [1.165, 1.54) is 23.1 Å². The summed E-state index contributed by atoms with van der Waals surface area (Å²) < 4.78 is 1.24. The van der Waals surface area contributed by atoms with E-state index in [0.717, 1.165) is 36.0 Å². The van der Waals surface area contributed by atoms with Gasteiger partial charge in [0, 0.05) is 32.0 Å². The highest BCUT2D eigenvalue weighted by Gasteiger charge is 2.27. The summed E-state index contributed by atoms with van der Waals surface area (Å²) in [6.45, 7) is 4.25. The van der Waals surface area contributed by atoms with Crippen molar-refractivity contribution in [2.75, 3.05) is 20.1 Å². The average Bonchev–Trinajstić information content (AvgIpc) is 3.01. The van der Waals surface area contributed by atoms with E-state index in [0.29, 0.717) is 18.4 Å². The maximum absolute atomic E-state index is 12.0. The van der Waals surface area contributed by atoms with Crippen molar-refractivity contribution in [2.45, 2.75) is 44.6 Å². The lowest BCUT2D eigenvalue weighted by Gasteiger charge is -2.28. The van der Waals surface area contributed by atoms with Gasteiger partial charge in [-0.25, -0.2) is 4.98 Å². The van der Waals surface area contributed by atoms with Gasteiger partial charge in [-0.05, 0) is 49.4 Å². The van der Waals surface area contributed by atoms with E-state index in [1.54, 1.807) is 11.3 Å². The van der Waals surface area contributed by atoms with Gasteiger partial charge in [-0.2, -0.15) is 0 Å². The molecule has 4 nitrogen and oxygen atoms in total. The summed E-state index contributed by atoms with van der Waals surface area (Å²) in [6.07, 6.45) is 4.12. The molecule has 1 unspecified atom stereocenters. The van der Waals surface area contributed by atoms with Crippen LogP contribution in [0.4, 0.5) is 0 Å². The number of thiazole rings is 1. The van der Waals surface area contributed by atoms with Gasteiger partial charge in [0.05, 0.1) is 15.2 Å². The zero-order chi connectivity index (χ0) is 16.7. The number of piperidine rings is 2. The van der Waals surface area contributed by atoms with Crippen LogP contribution in [0.3, 0.4) is 0 Å². The van der Waals surface area contributed by atoms with E-state index in [2.05, 4.69) is 30.4 Å². The van der Waals surface area contributed by atoms with Crippen LogP contribution in [0.1, 0.15) is 55.1 Å². The molecule has 0 spiro atoms. The van der Waals surface area contributed by atoms with Crippen LogP contribution < -0.4 is 5.32 Å². The second kappa shape index (κ2) is 6.45. The molecule has 3 atom stereocenters. The Morgan fingerprint density at radius 3 is 2.92 bits per heavy atom. The molecule has 2 aromatic rings. The van der Waals surface area contributed by atoms with Crippen LogP contribution in [0.5, 0.6) is 0 Å². The number of carbonyl (C=O) groups excluding carboxylic acids is 1. The monoisotopic (exact) mass is 343 g/mol. The summed E-state index contributed by atoms with van der Waals surface area (Å²) in [7, 11) is 1.89. The summed E-state index contributed by atoms with van der Waals surface area (Å²) in [6, 6.07) is 7.17. The number of likely N-dealkylation sites (tertiary alicyclic amines) is 1. The number of benzene rings is 1. The van der Waals surface area contributed by atoms with Gasteiger partial charge in [0.1, 0.15) is 0 Å². The number of hydrogen-bond donors (Lipinski definition) is 1. The molecule has 1 amide bonds. The van der Waals surface area contributed by atoms with Crippen LogP contribution in [0.2, 0.25) is 0 Å². The molecule has 5 heteroatoms. The SMILES string of the molecule is C[C@H]1CC[C@H](c2ccc3sc(C4CCN(C)C(=O)C4)nc3c2)NC1. The third-order valence-corrected chi connectivity index (χ3v) is 6.70. The number of amides is 1. The maximum atomic E-state index is 12.0. The third-order valence-electron chi connectivity index (χ3n) is 5.50. The molecule has 0 bridgehead atoms. The topological polar surface area (TPSA) is 45.2 Å². The number of rotatable bonds is 2. The molecule has 2 aliphatic rings. The Labute approximate surface area is 147 Å². The molecule has 1 aromatic carbocycles. The highest BCUT2D eigenvalue weighted by Crippen LogP contribution is 2.35. The van der Waals surface area contributed by atoms with Crippen molar-refractivity contribution in [3.8, 4) is 0 Å². The minimum absolute atomic E-state index is 0.242. The van der Waals surface area contributed by atoms with Gasteiger partial charge >= 0.3 is 0 Å². The smallest absolute Gasteiger partial charge is 0.223 e. The van der Waals surface area contributed by atoms with Crippen molar-refractivity contribution in [1.82, 2.24) is 15.2 Å². The Bertz CT molecular complexity index is 748. The Morgan fingerprint density at radius 2 is 2.17 bits per heavy atom.